The number of phenols is 1. The van der Waals surface area contributed by atoms with Crippen molar-refractivity contribution in [1.82, 2.24) is 5.32 Å². The average Bonchev–Trinajstić information content (AvgIpc) is 2.81. The van der Waals surface area contributed by atoms with E-state index in [4.69, 9.17) is 9.84 Å². The van der Waals surface area contributed by atoms with E-state index in [0.717, 1.165) is 11.5 Å². The van der Waals surface area contributed by atoms with Gasteiger partial charge in [-0.1, -0.05) is 61.5 Å². The van der Waals surface area contributed by atoms with Crippen molar-refractivity contribution in [2.45, 2.75) is 25.9 Å². The highest BCUT2D eigenvalue weighted by molar-refractivity contribution is 6.03. The van der Waals surface area contributed by atoms with Gasteiger partial charge in [0.15, 0.2) is 0 Å². The van der Waals surface area contributed by atoms with Gasteiger partial charge in [-0.2, -0.15) is 0 Å². The number of aliphatic carboxylic acids is 1. The van der Waals surface area contributed by atoms with Gasteiger partial charge in [0.05, 0.1) is 0 Å². The molecule has 7 heteroatoms. The first-order chi connectivity index (χ1) is 15.9. The number of ether oxygens (including phenoxy) is 1. The fourth-order valence-electron chi connectivity index (χ4n) is 3.63. The van der Waals surface area contributed by atoms with Crippen LogP contribution in [0.4, 0.5) is 4.79 Å². The van der Waals surface area contributed by atoms with E-state index in [2.05, 4.69) is 5.32 Å². The number of nitrogens with one attached hydrogen (secondary N) is 1. The molecule has 0 saturated carbocycles. The largest absolute Gasteiger partial charge is 0.507 e. The third-order valence-corrected chi connectivity index (χ3v) is 5.29. The van der Waals surface area contributed by atoms with Crippen LogP contribution in [0.3, 0.4) is 0 Å². The van der Waals surface area contributed by atoms with Gasteiger partial charge in [0.1, 0.15) is 11.9 Å². The number of benzene rings is 3. The molecule has 0 heterocycles. The number of alkyl carbamates (subject to hydrolysis) is 1. The predicted octanol–water partition coefficient (Wildman–Crippen LogP) is 5.21. The Hall–Kier alpha value is -4.13. The van der Waals surface area contributed by atoms with E-state index in [1.165, 1.54) is 6.07 Å². The Morgan fingerprint density at radius 2 is 1.64 bits per heavy atom. The average molecular weight is 447 g/mol. The minimum Gasteiger partial charge on any atom is -0.507 e. The van der Waals surface area contributed by atoms with Gasteiger partial charge in [-0.15, -0.1) is 0 Å². The van der Waals surface area contributed by atoms with Crippen LogP contribution in [0.1, 0.15) is 41.8 Å². The molecule has 0 radical (unpaired) electrons. The second-order valence-corrected chi connectivity index (χ2v) is 7.66. The lowest BCUT2D eigenvalue weighted by Gasteiger charge is -2.26. The summed E-state index contributed by atoms with van der Waals surface area (Å²) in [5, 5.41) is 22.6. The molecule has 0 aliphatic carbocycles. The molecule has 0 aromatic heterocycles. The zero-order valence-electron chi connectivity index (χ0n) is 18.1. The van der Waals surface area contributed by atoms with E-state index in [1.807, 2.05) is 19.1 Å². The molecule has 0 aliphatic rings. The summed E-state index contributed by atoms with van der Waals surface area (Å²) in [6, 6.07) is 18.8. The first-order valence-corrected chi connectivity index (χ1v) is 10.5. The molecular weight excluding hydrogens is 422 g/mol. The second-order valence-electron chi connectivity index (χ2n) is 7.66. The minimum atomic E-state index is -1.03. The number of aromatic hydroxyl groups is 1. The number of carbonyl (C=O) groups excluding carboxylic acids is 2. The first-order valence-electron chi connectivity index (χ1n) is 10.5. The molecule has 3 aromatic rings. The topological polar surface area (TPSA) is 113 Å². The van der Waals surface area contributed by atoms with Gasteiger partial charge in [0, 0.05) is 22.6 Å². The summed E-state index contributed by atoms with van der Waals surface area (Å²) >= 11 is 0. The third-order valence-electron chi connectivity index (χ3n) is 5.29. The van der Waals surface area contributed by atoms with Gasteiger partial charge >= 0.3 is 12.1 Å². The summed E-state index contributed by atoms with van der Waals surface area (Å²) in [4.78, 5) is 35.7. The summed E-state index contributed by atoms with van der Waals surface area (Å²) in [6.07, 6.45) is 1.99. The van der Waals surface area contributed by atoms with Crippen molar-refractivity contribution in [2.75, 3.05) is 0 Å². The molecule has 7 nitrogen and oxygen atoms in total. The number of fused-ring (bicyclic) bond motifs is 1. The smallest absolute Gasteiger partial charge is 0.414 e. The fraction of sp³-hybridized carbons (Fsp3) is 0.192. The van der Waals surface area contributed by atoms with Gasteiger partial charge < -0.3 is 14.9 Å². The molecule has 3 aromatic carbocycles. The maximum Gasteiger partial charge on any atom is 0.414 e. The molecule has 0 fully saturated rings. The Morgan fingerprint density at radius 3 is 2.33 bits per heavy atom. The van der Waals surface area contributed by atoms with Gasteiger partial charge in [-0.05, 0) is 42.3 Å². The van der Waals surface area contributed by atoms with Crippen LogP contribution in [0.2, 0.25) is 0 Å². The van der Waals surface area contributed by atoms with Crippen molar-refractivity contribution < 1.29 is 29.3 Å². The van der Waals surface area contributed by atoms with Crippen LogP contribution in [-0.2, 0) is 9.53 Å². The van der Waals surface area contributed by atoms with Crippen LogP contribution < -0.4 is 5.32 Å². The monoisotopic (exact) mass is 447 g/mol. The highest BCUT2D eigenvalue weighted by atomic mass is 16.6. The van der Waals surface area contributed by atoms with Gasteiger partial charge in [0.2, 0.25) is 0 Å². The second kappa shape index (κ2) is 10.9. The lowest BCUT2D eigenvalue weighted by atomic mass is 9.89. The summed E-state index contributed by atoms with van der Waals surface area (Å²) in [7, 11) is 0. The Kier molecular flexibility index (Phi) is 7.81. The van der Waals surface area contributed by atoms with Crippen molar-refractivity contribution in [1.29, 1.82) is 0 Å². The maximum absolute atomic E-state index is 12.6. The van der Waals surface area contributed by atoms with Gasteiger partial charge in [-0.25, -0.2) is 9.59 Å². The normalized spacial score (nSPS) is 12.9. The predicted molar refractivity (Wildman–Crippen MR) is 124 cm³/mol. The number of hydrogen-bond donors (Lipinski definition) is 3. The SMILES string of the molecule is C[C@H](CC/C=C/C(=O)O)[C@H](OC(=O)NC(=O)c1ccccc1)c1ccc(O)c2ccccc12. The van der Waals surface area contributed by atoms with Crippen molar-refractivity contribution in [3.05, 3.63) is 90.0 Å². The van der Waals surface area contributed by atoms with Crippen LogP contribution in [0.15, 0.2) is 78.9 Å². The Balaban J connectivity index is 1.86. The molecule has 0 bridgehead atoms. The Bertz CT molecular complexity index is 1170. The number of carboxylic acids is 1. The summed E-state index contributed by atoms with van der Waals surface area (Å²) in [5.74, 6) is -1.71. The highest BCUT2D eigenvalue weighted by Gasteiger charge is 2.26. The number of allylic oxidation sites excluding steroid dienone is 1. The van der Waals surface area contributed by atoms with Crippen molar-refractivity contribution in [3.63, 3.8) is 0 Å². The van der Waals surface area contributed by atoms with Crippen LogP contribution >= 0.6 is 0 Å². The Labute approximate surface area is 191 Å². The zero-order valence-corrected chi connectivity index (χ0v) is 18.1. The Morgan fingerprint density at radius 1 is 0.970 bits per heavy atom. The number of imide groups is 1. The lowest BCUT2D eigenvalue weighted by molar-refractivity contribution is -0.131. The van der Waals surface area contributed by atoms with Crippen molar-refractivity contribution in [3.8, 4) is 5.75 Å². The molecule has 2 atom stereocenters. The molecule has 33 heavy (non-hydrogen) atoms. The molecule has 3 rings (SSSR count). The van der Waals surface area contributed by atoms with E-state index in [-0.39, 0.29) is 11.7 Å². The molecule has 0 aliphatic heterocycles. The number of carbonyl (C=O) groups is 3. The van der Waals surface area contributed by atoms with Gasteiger partial charge in [0.25, 0.3) is 5.91 Å². The minimum absolute atomic E-state index is 0.105. The van der Waals surface area contributed by atoms with Crippen molar-refractivity contribution >= 4 is 28.7 Å². The number of hydrogen-bond acceptors (Lipinski definition) is 5. The van der Waals surface area contributed by atoms with Crippen LogP contribution in [-0.4, -0.2) is 28.2 Å². The summed E-state index contributed by atoms with van der Waals surface area (Å²) < 4.78 is 5.72. The third kappa shape index (κ3) is 6.20. The zero-order chi connectivity index (χ0) is 23.8. The van der Waals surface area contributed by atoms with E-state index in [9.17, 15) is 19.5 Å². The molecule has 0 unspecified atom stereocenters. The number of phenolic OH excluding ortho intramolecular Hbond substituents is 1. The molecule has 170 valence electrons. The van der Waals surface area contributed by atoms with E-state index in [0.29, 0.717) is 29.4 Å². The quantitative estimate of drug-likeness (QED) is 0.409. The van der Waals surface area contributed by atoms with Crippen molar-refractivity contribution in [2.24, 2.45) is 5.92 Å². The van der Waals surface area contributed by atoms with Crippen LogP contribution in [0, 0.1) is 5.92 Å². The van der Waals surface area contributed by atoms with Gasteiger partial charge in [-0.3, -0.25) is 10.1 Å². The van der Waals surface area contributed by atoms with Crippen LogP contribution in [0.5, 0.6) is 5.75 Å². The summed E-state index contributed by atoms with van der Waals surface area (Å²) in [5.41, 5.74) is 1.01. The molecule has 0 saturated heterocycles. The number of amides is 2. The van der Waals surface area contributed by atoms with E-state index in [1.54, 1.807) is 54.6 Å². The van der Waals surface area contributed by atoms with Crippen LogP contribution in [0.25, 0.3) is 10.8 Å². The molecular formula is C26H25NO6. The fourth-order valence-corrected chi connectivity index (χ4v) is 3.63. The van der Waals surface area contributed by atoms with E-state index >= 15 is 0 Å². The maximum atomic E-state index is 12.6. The first kappa shape index (κ1) is 23.5. The molecule has 3 N–H and O–H groups in total. The highest BCUT2D eigenvalue weighted by Crippen LogP contribution is 2.37. The number of carboxylic acid groups (broad SMARTS) is 1. The summed E-state index contributed by atoms with van der Waals surface area (Å²) in [6.45, 7) is 1.88. The lowest BCUT2D eigenvalue weighted by Crippen LogP contribution is -2.33. The molecule has 2 amide bonds. The number of rotatable bonds is 8. The standard InChI is InChI=1S/C26H25NO6/c1-17(9-5-8-14-23(29)30)24(21-15-16-22(28)20-13-7-6-12-19(20)21)33-26(32)27-25(31)18-10-3-2-4-11-18/h2-4,6-8,10-17,24,28H,5,9H2,1H3,(H,29,30)(H,27,31,32)/b14-8+/t17-,24+/m1/s1. The van der Waals surface area contributed by atoms with E-state index < -0.39 is 24.1 Å². The molecule has 0 spiro atoms.